The molecule has 0 radical (unpaired) electrons. The molecular formula is C15H24N2O4S. The van der Waals surface area contributed by atoms with Crippen molar-refractivity contribution in [3.63, 3.8) is 0 Å². The number of furan rings is 1. The van der Waals surface area contributed by atoms with E-state index in [0.29, 0.717) is 0 Å². The zero-order chi connectivity index (χ0) is 16.5. The number of hydrogen-bond donors (Lipinski definition) is 2. The van der Waals surface area contributed by atoms with E-state index < -0.39 is 10.0 Å². The van der Waals surface area contributed by atoms with Crippen molar-refractivity contribution in [2.75, 3.05) is 12.3 Å². The Hall–Kier alpha value is -1.34. The maximum atomic E-state index is 12.0. The first-order chi connectivity index (χ1) is 10.1. The smallest absolute Gasteiger partial charge is 0.235 e. The van der Waals surface area contributed by atoms with Crippen LogP contribution in [0.5, 0.6) is 0 Å². The summed E-state index contributed by atoms with van der Waals surface area (Å²) in [6.45, 7) is 7.45. The van der Waals surface area contributed by atoms with E-state index in [1.807, 2.05) is 13.0 Å². The van der Waals surface area contributed by atoms with Crippen LogP contribution in [0.25, 0.3) is 0 Å². The fourth-order valence-corrected chi connectivity index (χ4v) is 3.39. The predicted octanol–water partition coefficient (Wildman–Crippen LogP) is 1.66. The monoisotopic (exact) mass is 328 g/mol. The topological polar surface area (TPSA) is 88.4 Å². The van der Waals surface area contributed by atoms with Gasteiger partial charge in [0.05, 0.1) is 18.3 Å². The molecule has 6 nitrogen and oxygen atoms in total. The van der Waals surface area contributed by atoms with Gasteiger partial charge in [-0.2, -0.15) is 0 Å². The average Bonchev–Trinajstić information content (AvgIpc) is 2.75. The SMILES string of the molecule is CCS(=O)(=O)NCC(=O)N[C@@H]1CC(C)(C)Cc2oc(C)cc21. The molecule has 0 unspecified atom stereocenters. The number of carbonyl (C=O) groups excluding carboxylic acids is 1. The maximum absolute atomic E-state index is 12.0. The Labute approximate surface area is 131 Å². The number of sulfonamides is 1. The van der Waals surface area contributed by atoms with E-state index >= 15 is 0 Å². The lowest BCUT2D eigenvalue weighted by molar-refractivity contribution is -0.121. The van der Waals surface area contributed by atoms with Gasteiger partial charge in [0.1, 0.15) is 11.5 Å². The number of aryl methyl sites for hydroxylation is 1. The molecule has 0 spiro atoms. The summed E-state index contributed by atoms with van der Waals surface area (Å²) in [6, 6.07) is 1.81. The highest BCUT2D eigenvalue weighted by molar-refractivity contribution is 7.89. The van der Waals surface area contributed by atoms with Crippen molar-refractivity contribution in [1.29, 1.82) is 0 Å². The Morgan fingerprint density at radius 3 is 2.77 bits per heavy atom. The van der Waals surface area contributed by atoms with Gasteiger partial charge in [-0.1, -0.05) is 13.8 Å². The van der Waals surface area contributed by atoms with Crippen molar-refractivity contribution in [3.05, 3.63) is 23.2 Å². The van der Waals surface area contributed by atoms with Crippen LogP contribution in [0.2, 0.25) is 0 Å². The number of nitrogens with one attached hydrogen (secondary N) is 2. The van der Waals surface area contributed by atoms with Gasteiger partial charge in [-0.15, -0.1) is 0 Å². The molecule has 1 heterocycles. The molecule has 124 valence electrons. The molecule has 2 N–H and O–H groups in total. The Kier molecular flexibility index (Phi) is 4.67. The van der Waals surface area contributed by atoms with Crippen LogP contribution in [-0.2, 0) is 21.2 Å². The lowest BCUT2D eigenvalue weighted by atomic mass is 9.74. The van der Waals surface area contributed by atoms with Crippen LogP contribution in [-0.4, -0.2) is 26.6 Å². The molecule has 1 aromatic rings. The first-order valence-corrected chi connectivity index (χ1v) is 9.13. The summed E-state index contributed by atoms with van der Waals surface area (Å²) in [5, 5.41) is 2.91. The van der Waals surface area contributed by atoms with Gasteiger partial charge in [0.2, 0.25) is 15.9 Å². The molecule has 22 heavy (non-hydrogen) atoms. The molecule has 2 rings (SSSR count). The van der Waals surface area contributed by atoms with Crippen molar-refractivity contribution in [1.82, 2.24) is 10.0 Å². The van der Waals surface area contributed by atoms with Crippen LogP contribution >= 0.6 is 0 Å². The highest BCUT2D eigenvalue weighted by atomic mass is 32.2. The first-order valence-electron chi connectivity index (χ1n) is 7.48. The van der Waals surface area contributed by atoms with E-state index in [4.69, 9.17) is 4.42 Å². The zero-order valence-corrected chi connectivity index (χ0v) is 14.3. The summed E-state index contributed by atoms with van der Waals surface area (Å²) in [4.78, 5) is 12.0. The minimum atomic E-state index is -3.36. The van der Waals surface area contributed by atoms with Crippen LogP contribution < -0.4 is 10.0 Å². The van der Waals surface area contributed by atoms with E-state index in [1.54, 1.807) is 0 Å². The first kappa shape index (κ1) is 17.0. The van der Waals surface area contributed by atoms with Gasteiger partial charge in [0, 0.05) is 12.0 Å². The largest absolute Gasteiger partial charge is 0.466 e. The molecule has 1 amide bonds. The lowest BCUT2D eigenvalue weighted by Crippen LogP contribution is -2.41. The van der Waals surface area contributed by atoms with Crippen LogP contribution in [0, 0.1) is 12.3 Å². The summed E-state index contributed by atoms with van der Waals surface area (Å²) in [5.74, 6) is 1.37. The molecule has 0 fully saturated rings. The highest BCUT2D eigenvalue weighted by Crippen LogP contribution is 2.41. The molecule has 0 aliphatic heterocycles. The third-order valence-electron chi connectivity index (χ3n) is 3.90. The summed E-state index contributed by atoms with van der Waals surface area (Å²) in [7, 11) is -3.36. The summed E-state index contributed by atoms with van der Waals surface area (Å²) < 4.78 is 30.8. The standard InChI is InChI=1S/C15H24N2O4S/c1-5-22(19,20)16-9-14(18)17-12-7-15(3,4)8-13-11(12)6-10(2)21-13/h6,12,16H,5,7-9H2,1-4H3,(H,17,18)/t12-/m1/s1. The van der Waals surface area contributed by atoms with E-state index in [9.17, 15) is 13.2 Å². The molecule has 1 aliphatic rings. The van der Waals surface area contributed by atoms with Gasteiger partial charge >= 0.3 is 0 Å². The fraction of sp³-hybridized carbons (Fsp3) is 0.667. The second-order valence-corrected chi connectivity index (χ2v) is 8.72. The second-order valence-electron chi connectivity index (χ2n) is 6.63. The summed E-state index contributed by atoms with van der Waals surface area (Å²) in [5.41, 5.74) is 1.03. The van der Waals surface area contributed by atoms with Crippen molar-refractivity contribution in [3.8, 4) is 0 Å². The van der Waals surface area contributed by atoms with Crippen LogP contribution in [0.1, 0.15) is 50.3 Å². The number of hydrogen-bond acceptors (Lipinski definition) is 4. The molecule has 7 heteroatoms. The van der Waals surface area contributed by atoms with E-state index in [1.165, 1.54) is 6.92 Å². The number of amides is 1. The van der Waals surface area contributed by atoms with E-state index in [-0.39, 0.29) is 29.7 Å². The molecular weight excluding hydrogens is 304 g/mol. The van der Waals surface area contributed by atoms with Gasteiger partial charge in [-0.3, -0.25) is 4.79 Å². The van der Waals surface area contributed by atoms with Gasteiger partial charge < -0.3 is 9.73 Å². The third-order valence-corrected chi connectivity index (χ3v) is 5.25. The van der Waals surface area contributed by atoms with Crippen molar-refractivity contribution >= 4 is 15.9 Å². The van der Waals surface area contributed by atoms with Crippen molar-refractivity contribution in [2.45, 2.75) is 46.6 Å². The predicted molar refractivity (Wildman–Crippen MR) is 83.9 cm³/mol. The molecule has 1 aliphatic carbocycles. The fourth-order valence-electron chi connectivity index (χ4n) is 2.84. The molecule has 1 atom stereocenters. The number of rotatable bonds is 5. The summed E-state index contributed by atoms with van der Waals surface area (Å²) >= 11 is 0. The van der Waals surface area contributed by atoms with Gasteiger partial charge in [0.15, 0.2) is 0 Å². The minimum Gasteiger partial charge on any atom is -0.466 e. The molecule has 1 aromatic heterocycles. The van der Waals surface area contributed by atoms with Crippen molar-refractivity contribution < 1.29 is 17.6 Å². The Bertz CT molecular complexity index is 661. The lowest BCUT2D eigenvalue weighted by Gasteiger charge is -2.34. The van der Waals surface area contributed by atoms with Gasteiger partial charge in [-0.25, -0.2) is 13.1 Å². The quantitative estimate of drug-likeness (QED) is 0.860. The maximum Gasteiger partial charge on any atom is 0.235 e. The Morgan fingerprint density at radius 1 is 1.45 bits per heavy atom. The van der Waals surface area contributed by atoms with E-state index in [2.05, 4.69) is 23.9 Å². The average molecular weight is 328 g/mol. The Balaban J connectivity index is 2.07. The van der Waals surface area contributed by atoms with Crippen molar-refractivity contribution in [2.24, 2.45) is 5.41 Å². The van der Waals surface area contributed by atoms with Crippen LogP contribution in [0.4, 0.5) is 0 Å². The van der Waals surface area contributed by atoms with Crippen LogP contribution in [0.15, 0.2) is 10.5 Å². The zero-order valence-electron chi connectivity index (χ0n) is 13.5. The number of fused-ring (bicyclic) bond motifs is 1. The normalized spacial score (nSPS) is 20.5. The van der Waals surface area contributed by atoms with Gasteiger partial charge in [0.25, 0.3) is 0 Å². The van der Waals surface area contributed by atoms with E-state index in [0.717, 1.165) is 29.9 Å². The third kappa shape index (κ3) is 4.10. The molecule has 0 aromatic carbocycles. The Morgan fingerprint density at radius 2 is 2.14 bits per heavy atom. The summed E-state index contributed by atoms with van der Waals surface area (Å²) in [6.07, 6.45) is 1.64. The molecule has 0 saturated carbocycles. The highest BCUT2D eigenvalue weighted by Gasteiger charge is 2.35. The second kappa shape index (κ2) is 6.04. The van der Waals surface area contributed by atoms with Crippen LogP contribution in [0.3, 0.4) is 0 Å². The molecule has 0 bridgehead atoms. The minimum absolute atomic E-state index is 0.0260. The number of carbonyl (C=O) groups is 1. The van der Waals surface area contributed by atoms with Gasteiger partial charge in [-0.05, 0) is 31.7 Å². The molecule has 0 saturated heterocycles.